The molecule has 5 rings (SSSR count). The topological polar surface area (TPSA) is 49.4 Å². The predicted octanol–water partition coefficient (Wildman–Crippen LogP) is 4.94. The predicted molar refractivity (Wildman–Crippen MR) is 123 cm³/mol. The van der Waals surface area contributed by atoms with Crippen LogP contribution in [0.2, 0.25) is 0 Å². The van der Waals surface area contributed by atoms with Crippen LogP contribution in [0.4, 0.5) is 0 Å². The van der Waals surface area contributed by atoms with E-state index in [4.69, 9.17) is 0 Å². The lowest BCUT2D eigenvalue weighted by Crippen LogP contribution is -2.48. The fraction of sp³-hybridized carbons (Fsp3) is 0.760. The zero-order valence-electron chi connectivity index (χ0n) is 19.1. The van der Waals surface area contributed by atoms with E-state index in [1.807, 2.05) is 19.1 Å². The van der Waals surface area contributed by atoms with E-state index in [0.717, 1.165) is 50.2 Å². The van der Waals surface area contributed by atoms with Crippen LogP contribution in [0.25, 0.3) is 0 Å². The number of nitrogens with one attached hydrogen (secondary N) is 1. The Kier molecular flexibility index (Phi) is 6.62. The highest BCUT2D eigenvalue weighted by molar-refractivity contribution is 7.89. The number of rotatable bonds is 10. The fourth-order valence-electron chi connectivity index (χ4n) is 7.00. The van der Waals surface area contributed by atoms with E-state index in [2.05, 4.69) is 35.6 Å². The average molecular weight is 433 g/mol. The van der Waals surface area contributed by atoms with Gasteiger partial charge in [0.2, 0.25) is 10.0 Å². The van der Waals surface area contributed by atoms with Crippen LogP contribution in [-0.2, 0) is 15.4 Å². The van der Waals surface area contributed by atoms with Gasteiger partial charge in [0.15, 0.2) is 0 Å². The molecule has 4 saturated carbocycles. The van der Waals surface area contributed by atoms with Gasteiger partial charge in [0.05, 0.1) is 4.90 Å². The summed E-state index contributed by atoms with van der Waals surface area (Å²) < 4.78 is 28.7. The van der Waals surface area contributed by atoms with Gasteiger partial charge in [-0.2, -0.15) is 0 Å². The minimum Gasteiger partial charge on any atom is -0.304 e. The largest absolute Gasteiger partial charge is 0.304 e. The van der Waals surface area contributed by atoms with Crippen molar-refractivity contribution >= 4 is 10.0 Å². The Balaban J connectivity index is 1.37. The molecule has 5 heteroatoms. The molecule has 0 spiro atoms. The number of hydrogen-bond acceptors (Lipinski definition) is 3. The summed E-state index contributed by atoms with van der Waals surface area (Å²) >= 11 is 0. The Hall–Kier alpha value is -0.910. The summed E-state index contributed by atoms with van der Waals surface area (Å²) in [7, 11) is -3.46. The third-order valence-electron chi connectivity index (χ3n) is 8.18. The molecule has 0 saturated heterocycles. The smallest absolute Gasteiger partial charge is 0.240 e. The zero-order chi connectivity index (χ0) is 21.4. The Bertz CT molecular complexity index is 779. The van der Waals surface area contributed by atoms with Crippen LogP contribution in [0.3, 0.4) is 0 Å². The van der Waals surface area contributed by atoms with Gasteiger partial charge in [0.25, 0.3) is 0 Å². The third-order valence-corrected chi connectivity index (χ3v) is 9.78. The van der Waals surface area contributed by atoms with Gasteiger partial charge in [0, 0.05) is 6.04 Å². The Morgan fingerprint density at radius 3 is 2.03 bits per heavy atom. The average Bonchev–Trinajstić information content (AvgIpc) is 2.70. The number of hydrogen-bond donors (Lipinski definition) is 1. The maximum atomic E-state index is 12.9. The van der Waals surface area contributed by atoms with Crippen LogP contribution in [0.1, 0.15) is 77.7 Å². The molecule has 4 fully saturated rings. The lowest BCUT2D eigenvalue weighted by molar-refractivity contribution is -0.00521. The molecular formula is C25H40N2O2S. The van der Waals surface area contributed by atoms with E-state index in [-0.39, 0.29) is 6.04 Å². The standard InChI is InChI=1S/C25H40N2O2S/c1-4-27(5-2)12-6-7-19(3)26-30(28,29)24-10-8-23(9-11-24)25-16-20-13-21(17-25)15-22(14-20)18-25/h8-11,19-22,26H,4-7,12-18H2,1-3H3/t19-,20?,21?,22?,25?/m1/s1. The van der Waals surface area contributed by atoms with E-state index < -0.39 is 10.0 Å². The minimum absolute atomic E-state index is 0.0478. The van der Waals surface area contributed by atoms with E-state index in [1.54, 1.807) is 0 Å². The molecule has 4 aliphatic carbocycles. The van der Waals surface area contributed by atoms with Gasteiger partial charge in [0.1, 0.15) is 0 Å². The van der Waals surface area contributed by atoms with Gasteiger partial charge in [-0.15, -0.1) is 0 Å². The Labute approximate surface area is 183 Å². The van der Waals surface area contributed by atoms with Crippen molar-refractivity contribution < 1.29 is 8.42 Å². The van der Waals surface area contributed by atoms with Gasteiger partial charge in [-0.1, -0.05) is 26.0 Å². The summed E-state index contributed by atoms with van der Waals surface area (Å²) in [5, 5.41) is 0. The molecule has 1 atom stereocenters. The highest BCUT2D eigenvalue weighted by atomic mass is 32.2. The second-order valence-corrected chi connectivity index (χ2v) is 12.1. The Morgan fingerprint density at radius 2 is 1.53 bits per heavy atom. The van der Waals surface area contributed by atoms with Crippen LogP contribution >= 0.6 is 0 Å². The van der Waals surface area contributed by atoms with Crippen molar-refractivity contribution in [3.8, 4) is 0 Å². The first-order valence-corrected chi connectivity index (χ1v) is 13.7. The maximum Gasteiger partial charge on any atom is 0.240 e. The van der Waals surface area contributed by atoms with Crippen molar-refractivity contribution in [2.45, 2.75) is 88.5 Å². The van der Waals surface area contributed by atoms with Crippen LogP contribution in [0, 0.1) is 17.8 Å². The summed E-state index contributed by atoms with van der Waals surface area (Å²) in [6, 6.07) is 7.88. The molecular weight excluding hydrogens is 392 g/mol. The summed E-state index contributed by atoms with van der Waals surface area (Å²) in [6.45, 7) is 9.44. The summed E-state index contributed by atoms with van der Waals surface area (Å²) in [5.41, 5.74) is 1.70. The van der Waals surface area contributed by atoms with Crippen molar-refractivity contribution in [2.24, 2.45) is 17.8 Å². The second kappa shape index (κ2) is 8.91. The van der Waals surface area contributed by atoms with Crippen LogP contribution in [-0.4, -0.2) is 39.0 Å². The molecule has 0 aromatic heterocycles. The van der Waals surface area contributed by atoms with Crippen LogP contribution in [0.5, 0.6) is 0 Å². The van der Waals surface area contributed by atoms with Crippen molar-refractivity contribution in [1.82, 2.24) is 9.62 Å². The van der Waals surface area contributed by atoms with Crippen LogP contribution in [0.15, 0.2) is 29.2 Å². The van der Waals surface area contributed by atoms with Crippen LogP contribution < -0.4 is 4.72 Å². The van der Waals surface area contributed by atoms with Gasteiger partial charge in [-0.25, -0.2) is 13.1 Å². The molecule has 4 bridgehead atoms. The molecule has 1 aromatic rings. The van der Waals surface area contributed by atoms with E-state index in [9.17, 15) is 8.42 Å². The van der Waals surface area contributed by atoms with Crippen molar-refractivity contribution in [3.63, 3.8) is 0 Å². The minimum atomic E-state index is -3.46. The van der Waals surface area contributed by atoms with Gasteiger partial charge >= 0.3 is 0 Å². The first-order chi connectivity index (χ1) is 14.3. The molecule has 4 aliphatic rings. The molecule has 1 N–H and O–H groups in total. The van der Waals surface area contributed by atoms with E-state index in [1.165, 1.54) is 44.1 Å². The molecule has 4 nitrogen and oxygen atoms in total. The molecule has 1 aromatic carbocycles. The summed E-state index contributed by atoms with van der Waals surface area (Å²) in [5.74, 6) is 2.70. The first-order valence-electron chi connectivity index (χ1n) is 12.2. The maximum absolute atomic E-state index is 12.9. The molecule has 0 unspecified atom stereocenters. The van der Waals surface area contributed by atoms with Crippen molar-refractivity contribution in [3.05, 3.63) is 29.8 Å². The highest BCUT2D eigenvalue weighted by Gasteiger charge is 2.51. The van der Waals surface area contributed by atoms with E-state index >= 15 is 0 Å². The zero-order valence-corrected chi connectivity index (χ0v) is 19.9. The second-order valence-electron chi connectivity index (χ2n) is 10.4. The van der Waals surface area contributed by atoms with Gasteiger partial charge in [-0.3, -0.25) is 0 Å². The molecule has 0 radical (unpaired) electrons. The van der Waals surface area contributed by atoms with E-state index in [0.29, 0.717) is 10.3 Å². The molecule has 168 valence electrons. The number of benzene rings is 1. The third kappa shape index (κ3) is 4.63. The van der Waals surface area contributed by atoms with Crippen molar-refractivity contribution in [2.75, 3.05) is 19.6 Å². The number of sulfonamides is 1. The molecule has 30 heavy (non-hydrogen) atoms. The molecule has 0 heterocycles. The fourth-order valence-corrected chi connectivity index (χ4v) is 8.28. The lowest BCUT2D eigenvalue weighted by atomic mass is 9.48. The molecule has 0 amide bonds. The quantitative estimate of drug-likeness (QED) is 0.569. The first kappa shape index (κ1) is 22.3. The summed E-state index contributed by atoms with van der Waals surface area (Å²) in [4.78, 5) is 2.79. The monoisotopic (exact) mass is 432 g/mol. The SMILES string of the molecule is CCN(CC)CCC[C@@H](C)NS(=O)(=O)c1ccc(C23CC4CC(CC(C4)C2)C3)cc1. The van der Waals surface area contributed by atoms with Crippen molar-refractivity contribution in [1.29, 1.82) is 0 Å². The highest BCUT2D eigenvalue weighted by Crippen LogP contribution is 2.60. The molecule has 0 aliphatic heterocycles. The normalized spacial score (nSPS) is 31.4. The lowest BCUT2D eigenvalue weighted by Gasteiger charge is -2.57. The Morgan fingerprint density at radius 1 is 1.00 bits per heavy atom. The number of nitrogens with zero attached hydrogens (tertiary/aromatic N) is 1. The van der Waals surface area contributed by atoms with Gasteiger partial charge < -0.3 is 4.90 Å². The summed E-state index contributed by atoms with van der Waals surface area (Å²) in [6.07, 6.45) is 10.1. The van der Waals surface area contributed by atoms with Gasteiger partial charge in [-0.05, 0) is 119 Å².